The quantitative estimate of drug-likeness (QED) is 0.671. The third-order valence-electron chi connectivity index (χ3n) is 1.71. The predicted molar refractivity (Wildman–Crippen MR) is 49.5 cm³/mol. The molecule has 2 nitrogen and oxygen atoms in total. The average Bonchev–Trinajstić information content (AvgIpc) is 2.27. The number of hydrogen-bond acceptors (Lipinski definition) is 3. The van der Waals surface area contributed by atoms with Crippen molar-refractivity contribution in [1.29, 1.82) is 0 Å². The van der Waals surface area contributed by atoms with Crippen LogP contribution in [0.15, 0.2) is 0 Å². The van der Waals surface area contributed by atoms with Gasteiger partial charge in [-0.2, -0.15) is 0 Å². The molecular formula is C7H11ClN2S. The van der Waals surface area contributed by atoms with Gasteiger partial charge in [-0.15, -0.1) is 23.7 Å². The highest BCUT2D eigenvalue weighted by molar-refractivity contribution is 7.11. The fourth-order valence-electron chi connectivity index (χ4n) is 1.25. The lowest BCUT2D eigenvalue weighted by molar-refractivity contribution is 0.643. The van der Waals surface area contributed by atoms with Gasteiger partial charge in [-0.3, -0.25) is 0 Å². The van der Waals surface area contributed by atoms with Crippen LogP contribution in [0.25, 0.3) is 0 Å². The van der Waals surface area contributed by atoms with Crippen LogP contribution in [0.2, 0.25) is 0 Å². The second-order valence-electron chi connectivity index (χ2n) is 2.53. The van der Waals surface area contributed by atoms with Crippen LogP contribution in [0.1, 0.15) is 15.6 Å². The summed E-state index contributed by atoms with van der Waals surface area (Å²) in [5.41, 5.74) is 1.32. The van der Waals surface area contributed by atoms with Crippen LogP contribution >= 0.6 is 23.7 Å². The molecule has 1 aliphatic heterocycles. The summed E-state index contributed by atoms with van der Waals surface area (Å²) in [4.78, 5) is 5.86. The van der Waals surface area contributed by atoms with E-state index >= 15 is 0 Å². The van der Waals surface area contributed by atoms with Crippen LogP contribution in [-0.4, -0.2) is 11.5 Å². The highest BCUT2D eigenvalue weighted by atomic mass is 35.5. The molecule has 2 heterocycles. The Balaban J connectivity index is 0.000000605. The van der Waals surface area contributed by atoms with Crippen LogP contribution < -0.4 is 5.32 Å². The van der Waals surface area contributed by atoms with Gasteiger partial charge in [0.1, 0.15) is 0 Å². The third kappa shape index (κ3) is 1.72. The topological polar surface area (TPSA) is 24.9 Å². The molecule has 0 amide bonds. The van der Waals surface area contributed by atoms with Gasteiger partial charge in [0.2, 0.25) is 0 Å². The fourth-order valence-corrected chi connectivity index (χ4v) is 2.21. The van der Waals surface area contributed by atoms with Gasteiger partial charge in [-0.25, -0.2) is 4.98 Å². The van der Waals surface area contributed by atoms with Crippen LogP contribution in [0.3, 0.4) is 0 Å². The summed E-state index contributed by atoms with van der Waals surface area (Å²) >= 11 is 1.82. The standard InChI is InChI=1S/C7H10N2S.ClH/c1-5-9-6-2-3-8-4-7(6)10-5;/h8H,2-4H2,1H3;1H. The minimum Gasteiger partial charge on any atom is -0.311 e. The van der Waals surface area contributed by atoms with Crippen molar-refractivity contribution in [3.05, 3.63) is 15.6 Å². The van der Waals surface area contributed by atoms with Gasteiger partial charge in [0.25, 0.3) is 0 Å². The summed E-state index contributed by atoms with van der Waals surface area (Å²) in [5.74, 6) is 0. The average molecular weight is 191 g/mol. The van der Waals surface area contributed by atoms with Gasteiger partial charge < -0.3 is 5.32 Å². The normalized spacial score (nSPS) is 15.4. The van der Waals surface area contributed by atoms with E-state index in [1.165, 1.54) is 15.6 Å². The molecule has 0 fully saturated rings. The second kappa shape index (κ2) is 3.52. The van der Waals surface area contributed by atoms with Crippen LogP contribution in [0.4, 0.5) is 0 Å². The third-order valence-corrected chi connectivity index (χ3v) is 2.72. The first-order chi connectivity index (χ1) is 4.86. The molecular weight excluding hydrogens is 180 g/mol. The van der Waals surface area contributed by atoms with Crippen molar-refractivity contribution >= 4 is 23.7 Å². The van der Waals surface area contributed by atoms with Crippen molar-refractivity contribution < 1.29 is 0 Å². The smallest absolute Gasteiger partial charge is 0.0900 e. The fraction of sp³-hybridized carbons (Fsp3) is 0.571. The maximum Gasteiger partial charge on any atom is 0.0900 e. The number of nitrogens with one attached hydrogen (secondary N) is 1. The Morgan fingerprint density at radius 3 is 3.09 bits per heavy atom. The van der Waals surface area contributed by atoms with E-state index in [1.54, 1.807) is 0 Å². The number of hydrogen-bond donors (Lipinski definition) is 1. The molecule has 0 aliphatic carbocycles. The van der Waals surface area contributed by atoms with E-state index in [2.05, 4.69) is 17.2 Å². The minimum atomic E-state index is 0. The Kier molecular flexibility index (Phi) is 2.87. The van der Waals surface area contributed by atoms with E-state index in [0.29, 0.717) is 0 Å². The first kappa shape index (κ1) is 8.97. The zero-order chi connectivity index (χ0) is 6.97. The van der Waals surface area contributed by atoms with Gasteiger partial charge in [0.05, 0.1) is 10.7 Å². The lowest BCUT2D eigenvalue weighted by atomic mass is 10.2. The maximum atomic E-state index is 4.43. The molecule has 4 heteroatoms. The maximum absolute atomic E-state index is 4.43. The van der Waals surface area contributed by atoms with Crippen molar-refractivity contribution in [1.82, 2.24) is 10.3 Å². The van der Waals surface area contributed by atoms with Gasteiger partial charge in [-0.1, -0.05) is 0 Å². The second-order valence-corrected chi connectivity index (χ2v) is 3.82. The van der Waals surface area contributed by atoms with E-state index in [9.17, 15) is 0 Å². The SMILES string of the molecule is Cc1nc2c(s1)CNCC2.Cl. The molecule has 11 heavy (non-hydrogen) atoms. The van der Waals surface area contributed by atoms with Crippen molar-refractivity contribution in [3.63, 3.8) is 0 Å². The van der Waals surface area contributed by atoms with E-state index in [4.69, 9.17) is 0 Å². The molecule has 1 aromatic rings. The Bertz CT molecular complexity index is 223. The number of thiazole rings is 1. The molecule has 0 aromatic carbocycles. The molecule has 0 radical (unpaired) electrons. The molecule has 62 valence electrons. The molecule has 1 aromatic heterocycles. The van der Waals surface area contributed by atoms with Crippen molar-refractivity contribution in [3.8, 4) is 0 Å². The van der Waals surface area contributed by atoms with E-state index in [0.717, 1.165) is 19.5 Å². The molecule has 1 aliphatic rings. The molecule has 2 rings (SSSR count). The molecule has 0 spiro atoms. The first-order valence-electron chi connectivity index (χ1n) is 3.52. The van der Waals surface area contributed by atoms with Gasteiger partial charge in [-0.05, 0) is 6.92 Å². The highest BCUT2D eigenvalue weighted by Crippen LogP contribution is 2.20. The molecule has 0 atom stereocenters. The Morgan fingerprint density at radius 2 is 2.36 bits per heavy atom. The zero-order valence-corrected chi connectivity index (χ0v) is 8.02. The van der Waals surface area contributed by atoms with Crippen molar-refractivity contribution in [2.75, 3.05) is 6.54 Å². The van der Waals surface area contributed by atoms with Gasteiger partial charge in [0, 0.05) is 24.4 Å². The van der Waals surface area contributed by atoms with E-state index < -0.39 is 0 Å². The number of aryl methyl sites for hydroxylation is 1. The number of fused-ring (bicyclic) bond motifs is 1. The highest BCUT2D eigenvalue weighted by Gasteiger charge is 2.11. The molecule has 1 N–H and O–H groups in total. The summed E-state index contributed by atoms with van der Waals surface area (Å²) in [7, 11) is 0. The van der Waals surface area contributed by atoms with E-state index in [-0.39, 0.29) is 12.4 Å². The van der Waals surface area contributed by atoms with Crippen molar-refractivity contribution in [2.45, 2.75) is 19.9 Å². The van der Waals surface area contributed by atoms with Crippen LogP contribution in [0, 0.1) is 6.92 Å². The van der Waals surface area contributed by atoms with Crippen LogP contribution in [0.5, 0.6) is 0 Å². The summed E-state index contributed by atoms with van der Waals surface area (Å²) in [6.45, 7) is 4.19. The van der Waals surface area contributed by atoms with E-state index in [1.807, 2.05) is 11.3 Å². The number of aromatic nitrogens is 1. The van der Waals surface area contributed by atoms with Gasteiger partial charge in [0.15, 0.2) is 0 Å². The predicted octanol–water partition coefficient (Wildman–Crippen LogP) is 1.52. The summed E-state index contributed by atoms with van der Waals surface area (Å²) < 4.78 is 0. The molecule has 0 saturated carbocycles. The lowest BCUT2D eigenvalue weighted by Gasteiger charge is -2.09. The Hall–Kier alpha value is -0.120. The first-order valence-corrected chi connectivity index (χ1v) is 4.34. The molecule has 0 bridgehead atoms. The summed E-state index contributed by atoms with van der Waals surface area (Å²) in [5, 5.41) is 4.53. The number of rotatable bonds is 0. The van der Waals surface area contributed by atoms with Crippen molar-refractivity contribution in [2.24, 2.45) is 0 Å². The number of halogens is 1. The molecule has 0 unspecified atom stereocenters. The molecule has 0 saturated heterocycles. The minimum absolute atomic E-state index is 0. The Morgan fingerprint density at radius 1 is 1.55 bits per heavy atom. The monoisotopic (exact) mass is 190 g/mol. The van der Waals surface area contributed by atoms with Crippen LogP contribution in [-0.2, 0) is 13.0 Å². The van der Waals surface area contributed by atoms with Gasteiger partial charge >= 0.3 is 0 Å². The summed E-state index contributed by atoms with van der Waals surface area (Å²) in [6, 6.07) is 0. The largest absolute Gasteiger partial charge is 0.311 e. The zero-order valence-electron chi connectivity index (χ0n) is 6.39. The Labute approximate surface area is 76.4 Å². The summed E-state index contributed by atoms with van der Waals surface area (Å²) in [6.07, 6.45) is 1.11. The number of nitrogens with zero attached hydrogens (tertiary/aromatic N) is 1. The lowest BCUT2D eigenvalue weighted by Crippen LogP contribution is -2.22.